The van der Waals surface area contributed by atoms with E-state index in [1.807, 2.05) is 36.4 Å². The van der Waals surface area contributed by atoms with Gasteiger partial charge in [-0.3, -0.25) is 4.79 Å². The van der Waals surface area contributed by atoms with Gasteiger partial charge in [0.2, 0.25) is 5.91 Å². The van der Waals surface area contributed by atoms with Gasteiger partial charge in [-0.05, 0) is 30.7 Å². The second-order valence-corrected chi connectivity index (χ2v) is 6.40. The molecule has 0 fully saturated rings. The summed E-state index contributed by atoms with van der Waals surface area (Å²) in [6.07, 6.45) is 4.06. The van der Waals surface area contributed by atoms with E-state index in [0.717, 1.165) is 27.5 Å². The third-order valence-corrected chi connectivity index (χ3v) is 4.36. The first kappa shape index (κ1) is 16.5. The molecule has 0 aliphatic rings. The number of rotatable bonds is 5. The van der Waals surface area contributed by atoms with Gasteiger partial charge >= 0.3 is 0 Å². The molecule has 3 rings (SSSR count). The van der Waals surface area contributed by atoms with Crippen molar-refractivity contribution in [2.24, 2.45) is 5.10 Å². The zero-order chi connectivity index (χ0) is 16.9. The van der Waals surface area contributed by atoms with Crippen LogP contribution in [0.25, 0.3) is 10.9 Å². The molecule has 1 aromatic heterocycles. The van der Waals surface area contributed by atoms with Crippen molar-refractivity contribution in [2.45, 2.75) is 19.9 Å². The van der Waals surface area contributed by atoms with Gasteiger partial charge in [-0.1, -0.05) is 46.3 Å². The number of aromatic nitrogens is 1. The average molecular weight is 384 g/mol. The third-order valence-electron chi connectivity index (χ3n) is 3.83. The standard InChI is InChI=1S/C19H18BrN3O/c1-2-23-13-15(17-5-3-4-6-18(17)23)12-21-22-19(24)11-14-7-9-16(20)10-8-14/h3-10,12-13H,2,11H2,1H3,(H,22,24)/b21-12+. The Kier molecular flexibility index (Phi) is 5.11. The minimum atomic E-state index is -0.132. The van der Waals surface area contributed by atoms with E-state index < -0.39 is 0 Å². The van der Waals surface area contributed by atoms with Crippen molar-refractivity contribution in [1.29, 1.82) is 0 Å². The molecule has 0 spiro atoms. The summed E-state index contributed by atoms with van der Waals surface area (Å²) >= 11 is 3.38. The predicted octanol–water partition coefficient (Wildman–Crippen LogP) is 4.12. The van der Waals surface area contributed by atoms with Crippen LogP contribution >= 0.6 is 15.9 Å². The average Bonchev–Trinajstić information content (AvgIpc) is 2.95. The van der Waals surface area contributed by atoms with Crippen LogP contribution < -0.4 is 5.43 Å². The Morgan fingerprint density at radius 2 is 1.96 bits per heavy atom. The van der Waals surface area contributed by atoms with Gasteiger partial charge in [-0.2, -0.15) is 5.10 Å². The number of carbonyl (C=O) groups excluding carboxylic acids is 1. The Morgan fingerprint density at radius 1 is 1.21 bits per heavy atom. The molecule has 1 N–H and O–H groups in total. The first-order valence-corrected chi connectivity index (χ1v) is 8.61. The molecule has 0 unspecified atom stereocenters. The fourth-order valence-corrected chi connectivity index (χ4v) is 2.91. The maximum Gasteiger partial charge on any atom is 0.244 e. The first-order valence-electron chi connectivity index (χ1n) is 7.81. The molecular weight excluding hydrogens is 366 g/mol. The number of benzene rings is 2. The number of amides is 1. The topological polar surface area (TPSA) is 46.4 Å². The van der Waals surface area contributed by atoms with Crippen molar-refractivity contribution in [3.05, 3.63) is 70.3 Å². The lowest BCUT2D eigenvalue weighted by Gasteiger charge is -2.00. The van der Waals surface area contributed by atoms with Crippen molar-refractivity contribution in [3.63, 3.8) is 0 Å². The molecule has 0 saturated carbocycles. The molecule has 1 heterocycles. The largest absolute Gasteiger partial charge is 0.347 e. The molecule has 0 radical (unpaired) electrons. The minimum Gasteiger partial charge on any atom is -0.347 e. The number of hydrazone groups is 1. The fourth-order valence-electron chi connectivity index (χ4n) is 2.64. The second-order valence-electron chi connectivity index (χ2n) is 5.48. The molecule has 4 nitrogen and oxygen atoms in total. The lowest BCUT2D eigenvalue weighted by atomic mass is 10.1. The summed E-state index contributed by atoms with van der Waals surface area (Å²) in [6, 6.07) is 15.9. The summed E-state index contributed by atoms with van der Waals surface area (Å²) in [7, 11) is 0. The van der Waals surface area contributed by atoms with Crippen LogP contribution in [0.5, 0.6) is 0 Å². The summed E-state index contributed by atoms with van der Waals surface area (Å²) in [6.45, 7) is 3.00. The highest BCUT2D eigenvalue weighted by Crippen LogP contribution is 2.19. The van der Waals surface area contributed by atoms with Crippen LogP contribution in [0, 0.1) is 0 Å². The highest BCUT2D eigenvalue weighted by molar-refractivity contribution is 9.10. The van der Waals surface area contributed by atoms with Gasteiger partial charge in [0.25, 0.3) is 0 Å². The zero-order valence-corrected chi connectivity index (χ0v) is 15.0. The number of aryl methyl sites for hydroxylation is 1. The van der Waals surface area contributed by atoms with Crippen molar-refractivity contribution in [1.82, 2.24) is 9.99 Å². The Morgan fingerprint density at radius 3 is 2.71 bits per heavy atom. The predicted molar refractivity (Wildman–Crippen MR) is 101 cm³/mol. The molecule has 0 atom stereocenters. The van der Waals surface area contributed by atoms with E-state index in [-0.39, 0.29) is 5.91 Å². The third kappa shape index (κ3) is 3.74. The number of hydrogen-bond donors (Lipinski definition) is 1. The quantitative estimate of drug-likeness (QED) is 0.522. The van der Waals surface area contributed by atoms with Crippen molar-refractivity contribution in [3.8, 4) is 0 Å². The number of para-hydroxylation sites is 1. The lowest BCUT2D eigenvalue weighted by molar-refractivity contribution is -0.120. The van der Waals surface area contributed by atoms with Crippen LogP contribution in [0.2, 0.25) is 0 Å². The maximum atomic E-state index is 12.0. The van der Waals surface area contributed by atoms with Crippen LogP contribution in [0.3, 0.4) is 0 Å². The number of hydrogen-bond acceptors (Lipinski definition) is 2. The molecule has 0 aliphatic heterocycles. The highest BCUT2D eigenvalue weighted by atomic mass is 79.9. The molecular formula is C19H18BrN3O. The fraction of sp³-hybridized carbons (Fsp3) is 0.158. The Balaban J connectivity index is 1.68. The lowest BCUT2D eigenvalue weighted by Crippen LogP contribution is -2.19. The minimum absolute atomic E-state index is 0.132. The van der Waals surface area contributed by atoms with E-state index in [0.29, 0.717) is 6.42 Å². The van der Waals surface area contributed by atoms with Crippen molar-refractivity contribution >= 4 is 39.0 Å². The number of fused-ring (bicyclic) bond motifs is 1. The normalized spacial score (nSPS) is 11.2. The van der Waals surface area contributed by atoms with Crippen LogP contribution in [0.4, 0.5) is 0 Å². The molecule has 0 aliphatic carbocycles. The molecule has 0 bridgehead atoms. The summed E-state index contributed by atoms with van der Waals surface area (Å²) in [4.78, 5) is 12.0. The van der Waals surface area contributed by atoms with E-state index in [9.17, 15) is 4.79 Å². The van der Waals surface area contributed by atoms with Gasteiger partial charge in [0, 0.05) is 33.7 Å². The Labute approximate surface area is 149 Å². The van der Waals surface area contributed by atoms with E-state index in [1.165, 1.54) is 5.52 Å². The summed E-state index contributed by atoms with van der Waals surface area (Å²) < 4.78 is 3.16. The molecule has 5 heteroatoms. The highest BCUT2D eigenvalue weighted by Gasteiger charge is 2.05. The molecule has 2 aromatic carbocycles. The molecule has 0 saturated heterocycles. The molecule has 1 amide bonds. The SMILES string of the molecule is CCn1cc(/C=N/NC(=O)Cc2ccc(Br)cc2)c2ccccc21. The van der Waals surface area contributed by atoms with Crippen LogP contribution in [-0.2, 0) is 17.8 Å². The Hall–Kier alpha value is -2.40. The maximum absolute atomic E-state index is 12.0. The van der Waals surface area contributed by atoms with E-state index >= 15 is 0 Å². The van der Waals surface area contributed by atoms with E-state index in [2.05, 4.69) is 56.3 Å². The zero-order valence-electron chi connectivity index (χ0n) is 13.4. The second kappa shape index (κ2) is 7.45. The van der Waals surface area contributed by atoms with Gasteiger partial charge in [-0.15, -0.1) is 0 Å². The van der Waals surface area contributed by atoms with Crippen LogP contribution in [0.1, 0.15) is 18.1 Å². The Bertz CT molecular complexity index is 881. The van der Waals surface area contributed by atoms with Gasteiger partial charge in [0.05, 0.1) is 12.6 Å². The summed E-state index contributed by atoms with van der Waals surface area (Å²) in [5.74, 6) is -0.132. The summed E-state index contributed by atoms with van der Waals surface area (Å²) in [5.41, 5.74) is 5.71. The van der Waals surface area contributed by atoms with Crippen molar-refractivity contribution in [2.75, 3.05) is 0 Å². The van der Waals surface area contributed by atoms with Crippen molar-refractivity contribution < 1.29 is 4.79 Å². The van der Waals surface area contributed by atoms with Gasteiger partial charge < -0.3 is 4.57 Å². The monoisotopic (exact) mass is 383 g/mol. The number of halogens is 1. The van der Waals surface area contributed by atoms with E-state index in [4.69, 9.17) is 0 Å². The van der Waals surface area contributed by atoms with E-state index in [1.54, 1.807) is 6.21 Å². The van der Waals surface area contributed by atoms with Gasteiger partial charge in [-0.25, -0.2) is 5.43 Å². The molecule has 24 heavy (non-hydrogen) atoms. The molecule has 3 aromatic rings. The smallest absolute Gasteiger partial charge is 0.244 e. The van der Waals surface area contributed by atoms with Crippen LogP contribution in [0.15, 0.2) is 64.3 Å². The number of carbonyl (C=O) groups is 1. The van der Waals surface area contributed by atoms with Crippen LogP contribution in [-0.4, -0.2) is 16.7 Å². The molecule has 122 valence electrons. The van der Waals surface area contributed by atoms with Gasteiger partial charge in [0.1, 0.15) is 0 Å². The number of nitrogens with zero attached hydrogens (tertiary/aromatic N) is 2. The summed E-state index contributed by atoms with van der Waals surface area (Å²) in [5, 5.41) is 5.24. The van der Waals surface area contributed by atoms with Gasteiger partial charge in [0.15, 0.2) is 0 Å². The first-order chi connectivity index (χ1) is 11.7. The number of nitrogens with one attached hydrogen (secondary N) is 1.